The quantitative estimate of drug-likeness (QED) is 0.526. The Kier molecular flexibility index (Phi) is 3.62. The molecule has 2 heterocycles. The molecule has 0 aliphatic carbocycles. The minimum atomic E-state index is -0.347. The molecule has 1 amide bonds. The molecule has 0 bridgehead atoms. The van der Waals surface area contributed by atoms with E-state index in [0.717, 1.165) is 0 Å². The number of benzene rings is 2. The number of hydrogen-bond acceptors (Lipinski definition) is 4. The van der Waals surface area contributed by atoms with Crippen molar-refractivity contribution in [2.75, 3.05) is 5.32 Å². The van der Waals surface area contributed by atoms with Crippen LogP contribution in [0.3, 0.4) is 0 Å². The first-order chi connectivity index (χ1) is 12.1. The van der Waals surface area contributed by atoms with Gasteiger partial charge in [0.2, 0.25) is 0 Å². The molecule has 8 heteroatoms. The fourth-order valence-electron chi connectivity index (χ4n) is 2.49. The van der Waals surface area contributed by atoms with Gasteiger partial charge < -0.3 is 10.4 Å². The Morgan fingerprint density at radius 3 is 2.92 bits per heavy atom. The lowest BCUT2D eigenvalue weighted by molar-refractivity contribution is 0.102. The summed E-state index contributed by atoms with van der Waals surface area (Å²) in [4.78, 5) is 12.5. The third-order valence-corrected chi connectivity index (χ3v) is 4.04. The van der Waals surface area contributed by atoms with Crippen molar-refractivity contribution < 1.29 is 9.90 Å². The maximum Gasteiger partial charge on any atom is 0.260 e. The minimum Gasteiger partial charge on any atom is -0.508 e. The lowest BCUT2D eigenvalue weighted by Gasteiger charge is -2.03. The fourth-order valence-corrected chi connectivity index (χ4v) is 2.71. The summed E-state index contributed by atoms with van der Waals surface area (Å²) in [5, 5.41) is 24.5. The van der Waals surface area contributed by atoms with E-state index >= 15 is 0 Å². The molecule has 0 saturated heterocycles. The summed E-state index contributed by atoms with van der Waals surface area (Å²) in [6.45, 7) is 0. The van der Waals surface area contributed by atoms with Crippen molar-refractivity contribution in [2.45, 2.75) is 0 Å². The van der Waals surface area contributed by atoms with Gasteiger partial charge in [-0.05, 0) is 24.3 Å². The van der Waals surface area contributed by atoms with E-state index in [4.69, 9.17) is 11.6 Å². The van der Waals surface area contributed by atoms with E-state index in [9.17, 15) is 9.90 Å². The van der Waals surface area contributed by atoms with Gasteiger partial charge in [-0.2, -0.15) is 10.2 Å². The maximum absolute atomic E-state index is 12.5. The highest BCUT2D eigenvalue weighted by Crippen LogP contribution is 2.24. The molecule has 4 rings (SSSR count). The lowest BCUT2D eigenvalue weighted by atomic mass is 10.2. The van der Waals surface area contributed by atoms with Crippen molar-refractivity contribution in [1.29, 1.82) is 0 Å². The van der Waals surface area contributed by atoms with Gasteiger partial charge in [0.1, 0.15) is 5.75 Å². The van der Waals surface area contributed by atoms with E-state index in [2.05, 4.69) is 20.6 Å². The first-order valence-electron chi connectivity index (χ1n) is 7.40. The Labute approximate surface area is 146 Å². The number of fused-ring (bicyclic) bond motifs is 1. The number of nitrogens with one attached hydrogen (secondary N) is 2. The van der Waals surface area contributed by atoms with Gasteiger partial charge in [0, 0.05) is 17.6 Å². The van der Waals surface area contributed by atoms with Crippen LogP contribution in [0.5, 0.6) is 5.75 Å². The Morgan fingerprint density at radius 1 is 1.24 bits per heavy atom. The molecule has 7 nitrogen and oxygen atoms in total. The second-order valence-electron chi connectivity index (χ2n) is 5.38. The lowest BCUT2D eigenvalue weighted by Crippen LogP contribution is -2.11. The van der Waals surface area contributed by atoms with E-state index in [0.29, 0.717) is 33.0 Å². The summed E-state index contributed by atoms with van der Waals surface area (Å²) >= 11 is 6.14. The van der Waals surface area contributed by atoms with Gasteiger partial charge in [-0.15, -0.1) is 0 Å². The predicted molar refractivity (Wildman–Crippen MR) is 94.3 cm³/mol. The first kappa shape index (κ1) is 15.2. The highest BCUT2D eigenvalue weighted by atomic mass is 35.5. The Bertz CT molecular complexity index is 1090. The number of H-pyrrole nitrogens is 1. The van der Waals surface area contributed by atoms with Crippen molar-refractivity contribution in [1.82, 2.24) is 20.0 Å². The van der Waals surface area contributed by atoms with Gasteiger partial charge in [0.25, 0.3) is 5.91 Å². The first-order valence-corrected chi connectivity index (χ1v) is 7.77. The van der Waals surface area contributed by atoms with Crippen molar-refractivity contribution in [2.24, 2.45) is 0 Å². The summed E-state index contributed by atoms with van der Waals surface area (Å²) in [7, 11) is 0. The highest BCUT2D eigenvalue weighted by Gasteiger charge is 2.14. The molecule has 25 heavy (non-hydrogen) atoms. The second-order valence-corrected chi connectivity index (χ2v) is 5.79. The molecule has 3 N–H and O–H groups in total. The smallest absolute Gasteiger partial charge is 0.260 e. The Balaban J connectivity index is 1.60. The molecule has 0 saturated carbocycles. The molecule has 4 aromatic rings. The number of aromatic nitrogens is 4. The molecule has 2 aromatic carbocycles. The van der Waals surface area contributed by atoms with Crippen molar-refractivity contribution >= 4 is 34.2 Å². The number of aromatic amines is 1. The number of amides is 1. The van der Waals surface area contributed by atoms with Crippen LogP contribution in [0.25, 0.3) is 16.6 Å². The van der Waals surface area contributed by atoms with Crippen LogP contribution < -0.4 is 5.32 Å². The third-order valence-electron chi connectivity index (χ3n) is 3.72. The minimum absolute atomic E-state index is 0.120. The van der Waals surface area contributed by atoms with Crippen molar-refractivity contribution in [3.8, 4) is 11.4 Å². The highest BCUT2D eigenvalue weighted by molar-refractivity contribution is 6.32. The molecule has 0 radical (unpaired) electrons. The number of nitrogens with zero attached hydrogens (tertiary/aromatic N) is 3. The zero-order valence-corrected chi connectivity index (χ0v) is 13.5. The van der Waals surface area contributed by atoms with Crippen molar-refractivity contribution in [3.63, 3.8) is 0 Å². The number of anilines is 1. The largest absolute Gasteiger partial charge is 0.508 e. The SMILES string of the molecule is O=C(Nc1n[nH]c2cc(O)ccc12)c1cnn(-c2ccccc2Cl)c1. The van der Waals surface area contributed by atoms with Gasteiger partial charge in [-0.25, -0.2) is 4.68 Å². The molecule has 0 aliphatic heterocycles. The zero-order valence-electron chi connectivity index (χ0n) is 12.8. The summed E-state index contributed by atoms with van der Waals surface area (Å²) in [6.07, 6.45) is 3.05. The molecular formula is C17H12ClN5O2. The van der Waals surface area contributed by atoms with Crippen LogP contribution >= 0.6 is 11.6 Å². The average Bonchev–Trinajstić information content (AvgIpc) is 3.23. The number of hydrogen-bond donors (Lipinski definition) is 3. The van der Waals surface area contributed by atoms with Crippen LogP contribution in [0, 0.1) is 0 Å². The van der Waals surface area contributed by atoms with Crippen LogP contribution in [0.1, 0.15) is 10.4 Å². The van der Waals surface area contributed by atoms with Gasteiger partial charge in [0.15, 0.2) is 5.82 Å². The number of halogens is 1. The predicted octanol–water partition coefficient (Wildman–Crippen LogP) is 3.36. The summed E-state index contributed by atoms with van der Waals surface area (Å²) in [6, 6.07) is 12.0. The summed E-state index contributed by atoms with van der Waals surface area (Å²) < 4.78 is 1.54. The van der Waals surface area contributed by atoms with E-state index in [1.54, 1.807) is 18.3 Å². The fraction of sp³-hybridized carbons (Fsp3) is 0. The monoisotopic (exact) mass is 353 g/mol. The van der Waals surface area contributed by atoms with E-state index < -0.39 is 0 Å². The van der Waals surface area contributed by atoms with Gasteiger partial charge in [0.05, 0.1) is 28.0 Å². The summed E-state index contributed by atoms with van der Waals surface area (Å²) in [5.41, 5.74) is 1.68. The van der Waals surface area contributed by atoms with E-state index in [1.807, 2.05) is 18.2 Å². The maximum atomic E-state index is 12.5. The van der Waals surface area contributed by atoms with E-state index in [-0.39, 0.29) is 11.7 Å². The van der Waals surface area contributed by atoms with Crippen LogP contribution in [0.15, 0.2) is 54.9 Å². The number of carbonyl (C=O) groups excluding carboxylic acids is 1. The zero-order chi connectivity index (χ0) is 17.4. The molecule has 0 unspecified atom stereocenters. The van der Waals surface area contributed by atoms with Gasteiger partial charge in [-0.1, -0.05) is 23.7 Å². The number of rotatable bonds is 3. The molecular weight excluding hydrogens is 342 g/mol. The molecule has 0 aliphatic rings. The number of para-hydroxylation sites is 1. The standard InChI is InChI=1S/C17H12ClN5O2/c18-13-3-1-2-4-15(13)23-9-10(8-19-23)17(25)20-16-12-6-5-11(24)7-14(12)21-22-16/h1-9,24H,(H2,20,21,22,25). The summed E-state index contributed by atoms with van der Waals surface area (Å²) in [5.74, 6) is 0.153. The van der Waals surface area contributed by atoms with Crippen LogP contribution in [-0.4, -0.2) is 31.0 Å². The van der Waals surface area contributed by atoms with Gasteiger partial charge in [-0.3, -0.25) is 9.89 Å². The molecule has 2 aromatic heterocycles. The number of carbonyl (C=O) groups is 1. The van der Waals surface area contributed by atoms with Crippen LogP contribution in [-0.2, 0) is 0 Å². The number of phenols is 1. The normalized spacial score (nSPS) is 10.9. The number of aromatic hydroxyl groups is 1. The Hall–Kier alpha value is -3.32. The van der Waals surface area contributed by atoms with E-state index in [1.165, 1.54) is 23.0 Å². The molecule has 0 atom stereocenters. The molecule has 124 valence electrons. The van der Waals surface area contributed by atoms with Crippen molar-refractivity contribution in [3.05, 3.63) is 65.4 Å². The third kappa shape index (κ3) is 2.81. The average molecular weight is 354 g/mol. The van der Waals surface area contributed by atoms with Gasteiger partial charge >= 0.3 is 0 Å². The molecule has 0 fully saturated rings. The Morgan fingerprint density at radius 2 is 2.08 bits per heavy atom. The van der Waals surface area contributed by atoms with Crippen LogP contribution in [0.2, 0.25) is 5.02 Å². The number of phenolic OH excluding ortho intramolecular Hbond substituents is 1. The topological polar surface area (TPSA) is 95.8 Å². The molecule has 0 spiro atoms. The second kappa shape index (κ2) is 5.95. The van der Waals surface area contributed by atoms with Crippen LogP contribution in [0.4, 0.5) is 5.82 Å².